The van der Waals surface area contributed by atoms with Gasteiger partial charge in [0.05, 0.1) is 23.2 Å². The zero-order valence-electron chi connectivity index (χ0n) is 18.9. The number of halogens is 3. The first-order valence-electron chi connectivity index (χ1n) is 10.3. The van der Waals surface area contributed by atoms with Crippen molar-refractivity contribution in [1.29, 1.82) is 0 Å². The molecule has 1 unspecified atom stereocenters. The number of carbonyl (C=O) groups excluding carboxylic acids is 1. The van der Waals surface area contributed by atoms with Crippen LogP contribution in [0.2, 0.25) is 0 Å². The molecule has 0 saturated carbocycles. The Hall–Kier alpha value is -3.03. The third-order valence-electron chi connectivity index (χ3n) is 4.80. The number of aromatic nitrogens is 1. The minimum atomic E-state index is -4.62. The van der Waals surface area contributed by atoms with Crippen LogP contribution in [-0.2, 0) is 15.7 Å². The van der Waals surface area contributed by atoms with E-state index in [2.05, 4.69) is 10.3 Å². The minimum absolute atomic E-state index is 0.0652. The number of fused-ring (bicyclic) bond motifs is 1. The molecule has 1 aromatic heterocycles. The summed E-state index contributed by atoms with van der Waals surface area (Å²) in [6.07, 6.45) is -3.37. The van der Waals surface area contributed by atoms with Crippen LogP contribution < -0.4 is 10.1 Å². The number of rotatable bonds is 4. The van der Waals surface area contributed by atoms with Gasteiger partial charge in [0.2, 0.25) is 5.88 Å². The molecular weight excluding hydrogens is 421 g/mol. The maximum absolute atomic E-state index is 14.0. The number of allylic oxidation sites excluding steroid dienone is 1. The Morgan fingerprint density at radius 2 is 1.78 bits per heavy atom. The highest BCUT2D eigenvalue weighted by atomic mass is 19.4. The number of hydrogen-bond acceptors (Lipinski definition) is 5. The summed E-state index contributed by atoms with van der Waals surface area (Å²) in [6, 6.07) is 6.90. The monoisotopic (exact) mass is 448 g/mol. The van der Waals surface area contributed by atoms with E-state index in [4.69, 9.17) is 9.47 Å². The van der Waals surface area contributed by atoms with Crippen LogP contribution >= 0.6 is 0 Å². The third kappa shape index (κ3) is 4.89. The first-order chi connectivity index (χ1) is 14.8. The van der Waals surface area contributed by atoms with Gasteiger partial charge >= 0.3 is 12.1 Å². The van der Waals surface area contributed by atoms with E-state index in [1.165, 1.54) is 24.4 Å². The van der Waals surface area contributed by atoms with Crippen LogP contribution in [0.5, 0.6) is 5.88 Å². The molecule has 8 heteroatoms. The van der Waals surface area contributed by atoms with Gasteiger partial charge in [-0.1, -0.05) is 18.2 Å². The first kappa shape index (κ1) is 23.6. The van der Waals surface area contributed by atoms with Gasteiger partial charge in [-0.15, -0.1) is 0 Å². The standard InChI is InChI=1S/C24H27F3N2O3/c1-13(2)31-21-20-17(11-12-28-21)29-14(3)18(22(30)32-23(4,5)6)19(20)15-9-7-8-10-16(15)24(25,26)27/h7-13,19,29H,1-6H3. The number of benzene rings is 1. The van der Waals surface area contributed by atoms with Gasteiger partial charge in [-0.3, -0.25) is 0 Å². The lowest BCUT2D eigenvalue weighted by molar-refractivity contribution is -0.150. The molecule has 0 fully saturated rings. The van der Waals surface area contributed by atoms with Crippen LogP contribution in [-0.4, -0.2) is 22.7 Å². The van der Waals surface area contributed by atoms with Crippen LogP contribution in [0.4, 0.5) is 18.9 Å². The molecule has 3 rings (SSSR count). The minimum Gasteiger partial charge on any atom is -0.475 e. The van der Waals surface area contributed by atoms with E-state index in [0.29, 0.717) is 16.9 Å². The maximum Gasteiger partial charge on any atom is 0.416 e. The van der Waals surface area contributed by atoms with Crippen LogP contribution in [0, 0.1) is 0 Å². The van der Waals surface area contributed by atoms with Crippen molar-refractivity contribution in [3.8, 4) is 5.88 Å². The number of nitrogens with zero attached hydrogens (tertiary/aromatic N) is 1. The summed E-state index contributed by atoms with van der Waals surface area (Å²) < 4.78 is 53.4. The summed E-state index contributed by atoms with van der Waals surface area (Å²) in [6.45, 7) is 10.4. The Morgan fingerprint density at radius 1 is 1.12 bits per heavy atom. The highest BCUT2D eigenvalue weighted by molar-refractivity contribution is 5.95. The van der Waals surface area contributed by atoms with E-state index in [1.807, 2.05) is 0 Å². The van der Waals surface area contributed by atoms with Gasteiger partial charge < -0.3 is 14.8 Å². The molecule has 0 amide bonds. The second kappa shape index (κ2) is 8.48. The van der Waals surface area contributed by atoms with E-state index in [-0.39, 0.29) is 23.1 Å². The van der Waals surface area contributed by atoms with Crippen molar-refractivity contribution >= 4 is 11.7 Å². The lowest BCUT2D eigenvalue weighted by Crippen LogP contribution is -2.31. The van der Waals surface area contributed by atoms with Crippen LogP contribution in [0.25, 0.3) is 0 Å². The quantitative estimate of drug-likeness (QED) is 0.576. The number of esters is 1. The SMILES string of the molecule is CC1=C(C(=O)OC(C)(C)C)C(c2ccccc2C(F)(F)F)c2c(ccnc2OC(C)C)N1. The second-order valence-electron chi connectivity index (χ2n) is 8.93. The second-order valence-corrected chi connectivity index (χ2v) is 8.93. The number of ether oxygens (including phenoxy) is 2. The van der Waals surface area contributed by atoms with Crippen molar-refractivity contribution in [3.05, 3.63) is 64.5 Å². The van der Waals surface area contributed by atoms with E-state index < -0.39 is 29.2 Å². The molecule has 1 aliphatic heterocycles. The van der Waals surface area contributed by atoms with Gasteiger partial charge in [-0.05, 0) is 59.2 Å². The first-order valence-corrected chi connectivity index (χ1v) is 10.3. The van der Waals surface area contributed by atoms with Gasteiger partial charge in [0.1, 0.15) is 5.60 Å². The smallest absolute Gasteiger partial charge is 0.416 e. The highest BCUT2D eigenvalue weighted by Gasteiger charge is 2.42. The van der Waals surface area contributed by atoms with Crippen LogP contribution in [0.3, 0.4) is 0 Å². The van der Waals surface area contributed by atoms with E-state index >= 15 is 0 Å². The summed E-state index contributed by atoms with van der Waals surface area (Å²) in [7, 11) is 0. The Morgan fingerprint density at radius 3 is 2.38 bits per heavy atom. The largest absolute Gasteiger partial charge is 0.475 e. The fourth-order valence-corrected chi connectivity index (χ4v) is 3.71. The summed E-state index contributed by atoms with van der Waals surface area (Å²) in [5.41, 5.74) is -0.325. The molecule has 1 aliphatic rings. The Labute approximate surface area is 185 Å². The van der Waals surface area contributed by atoms with E-state index in [0.717, 1.165) is 6.07 Å². The Bertz CT molecular complexity index is 1050. The predicted octanol–water partition coefficient (Wildman–Crippen LogP) is 6.06. The fourth-order valence-electron chi connectivity index (χ4n) is 3.71. The molecule has 0 bridgehead atoms. The van der Waals surface area contributed by atoms with Crippen molar-refractivity contribution in [1.82, 2.24) is 4.98 Å². The summed E-state index contributed by atoms with van der Waals surface area (Å²) in [5.74, 6) is -1.61. The zero-order chi connectivity index (χ0) is 23.8. The van der Waals surface area contributed by atoms with Gasteiger partial charge in [0, 0.05) is 23.1 Å². The normalized spacial score (nSPS) is 16.5. The van der Waals surface area contributed by atoms with Crippen molar-refractivity contribution in [2.24, 2.45) is 0 Å². The van der Waals surface area contributed by atoms with Crippen LogP contribution in [0.1, 0.15) is 64.2 Å². The fraction of sp³-hybridized carbons (Fsp3) is 0.417. The third-order valence-corrected chi connectivity index (χ3v) is 4.80. The molecule has 32 heavy (non-hydrogen) atoms. The number of nitrogens with one attached hydrogen (secondary N) is 1. The van der Waals surface area contributed by atoms with E-state index in [1.54, 1.807) is 47.6 Å². The summed E-state index contributed by atoms with van der Waals surface area (Å²) in [5, 5.41) is 3.13. The van der Waals surface area contributed by atoms with Gasteiger partial charge in [0.25, 0.3) is 0 Å². The molecule has 0 saturated heterocycles. The number of hydrogen-bond donors (Lipinski definition) is 1. The number of anilines is 1. The van der Waals surface area contributed by atoms with Gasteiger partial charge in [-0.2, -0.15) is 13.2 Å². The Kier molecular flexibility index (Phi) is 6.26. The van der Waals surface area contributed by atoms with Crippen LogP contribution in [0.15, 0.2) is 47.8 Å². The summed E-state index contributed by atoms with van der Waals surface area (Å²) >= 11 is 0. The number of pyridine rings is 1. The number of alkyl halides is 3. The van der Waals surface area contributed by atoms with Crippen molar-refractivity contribution < 1.29 is 27.4 Å². The zero-order valence-corrected chi connectivity index (χ0v) is 18.9. The lowest BCUT2D eigenvalue weighted by Gasteiger charge is -2.33. The maximum atomic E-state index is 14.0. The molecule has 1 atom stereocenters. The Balaban J connectivity index is 2.32. The molecule has 0 radical (unpaired) electrons. The van der Waals surface area contributed by atoms with Gasteiger partial charge in [-0.25, -0.2) is 9.78 Å². The van der Waals surface area contributed by atoms with Crippen molar-refractivity contribution in [3.63, 3.8) is 0 Å². The summed E-state index contributed by atoms with van der Waals surface area (Å²) in [4.78, 5) is 17.5. The molecule has 5 nitrogen and oxygen atoms in total. The lowest BCUT2D eigenvalue weighted by atomic mass is 9.79. The predicted molar refractivity (Wildman–Crippen MR) is 115 cm³/mol. The van der Waals surface area contributed by atoms with Crippen molar-refractivity contribution in [2.45, 2.75) is 65.3 Å². The topological polar surface area (TPSA) is 60.5 Å². The average molecular weight is 448 g/mol. The van der Waals surface area contributed by atoms with Gasteiger partial charge in [0.15, 0.2) is 0 Å². The molecule has 0 aliphatic carbocycles. The molecule has 172 valence electrons. The molecule has 0 spiro atoms. The van der Waals surface area contributed by atoms with E-state index in [9.17, 15) is 18.0 Å². The molecule has 1 aromatic carbocycles. The highest BCUT2D eigenvalue weighted by Crippen LogP contribution is 2.49. The molecule has 2 heterocycles. The number of carbonyl (C=O) groups is 1. The molecular formula is C24H27F3N2O3. The molecule has 1 N–H and O–H groups in total. The molecule has 2 aromatic rings. The van der Waals surface area contributed by atoms with Crippen molar-refractivity contribution in [2.75, 3.05) is 5.32 Å². The average Bonchev–Trinajstić information content (AvgIpc) is 2.64.